The molecule has 28 heavy (non-hydrogen) atoms. The van der Waals surface area contributed by atoms with E-state index < -0.39 is 0 Å². The Balaban J connectivity index is 1.72. The molecule has 3 heterocycles. The van der Waals surface area contributed by atoms with Crippen LogP contribution in [0.1, 0.15) is 17.3 Å². The average molecular weight is 381 g/mol. The second kappa shape index (κ2) is 7.53. The average Bonchev–Trinajstić information content (AvgIpc) is 3.22. The van der Waals surface area contributed by atoms with E-state index in [9.17, 15) is 14.7 Å². The Labute approximate surface area is 165 Å². The number of nitrogens with zero attached hydrogens (tertiary/aromatic N) is 3. The molecule has 1 amide bonds. The molecule has 1 fully saturated rings. The highest BCUT2D eigenvalue weighted by Gasteiger charge is 2.55. The van der Waals surface area contributed by atoms with E-state index in [-0.39, 0.29) is 42.0 Å². The topological polar surface area (TPSA) is 65.8 Å². The Morgan fingerprint density at radius 3 is 2.57 bits per heavy atom. The Morgan fingerprint density at radius 1 is 1.14 bits per heavy atom. The van der Waals surface area contributed by atoms with E-state index >= 15 is 0 Å². The SMILES string of the molecule is CN(C)C(=O)[C@H]1[C@H](CO)[C@H]2Cn3c(cccc3=O)[C@H]2N1CCc1ccccc1. The maximum absolute atomic E-state index is 13.1. The predicted molar refractivity (Wildman–Crippen MR) is 107 cm³/mol. The van der Waals surface area contributed by atoms with Crippen LogP contribution < -0.4 is 5.56 Å². The lowest BCUT2D eigenvalue weighted by Gasteiger charge is -2.32. The minimum Gasteiger partial charge on any atom is -0.396 e. The summed E-state index contributed by atoms with van der Waals surface area (Å²) >= 11 is 0. The second-order valence-electron chi connectivity index (χ2n) is 8.01. The van der Waals surface area contributed by atoms with Crippen LogP contribution in [0, 0.1) is 11.8 Å². The molecule has 0 spiro atoms. The molecule has 4 atom stereocenters. The number of pyridine rings is 1. The van der Waals surface area contributed by atoms with Gasteiger partial charge in [-0.15, -0.1) is 0 Å². The Morgan fingerprint density at radius 2 is 1.89 bits per heavy atom. The van der Waals surface area contributed by atoms with E-state index in [0.717, 1.165) is 12.1 Å². The number of likely N-dealkylation sites (tertiary alicyclic amines) is 1. The number of benzene rings is 1. The van der Waals surface area contributed by atoms with Crippen LogP contribution in [0.25, 0.3) is 0 Å². The normalized spacial score (nSPS) is 26.1. The van der Waals surface area contributed by atoms with Gasteiger partial charge >= 0.3 is 0 Å². The highest BCUT2D eigenvalue weighted by Crippen LogP contribution is 2.49. The number of aliphatic hydroxyl groups is 1. The van der Waals surface area contributed by atoms with E-state index in [4.69, 9.17) is 0 Å². The van der Waals surface area contributed by atoms with Crippen LogP contribution in [0.4, 0.5) is 0 Å². The summed E-state index contributed by atoms with van der Waals surface area (Å²) in [4.78, 5) is 29.2. The molecule has 0 saturated carbocycles. The molecule has 148 valence electrons. The van der Waals surface area contributed by atoms with Crippen LogP contribution in [-0.4, -0.2) is 58.7 Å². The van der Waals surface area contributed by atoms with Gasteiger partial charge in [-0.1, -0.05) is 36.4 Å². The fourth-order valence-electron chi connectivity index (χ4n) is 4.96. The number of aromatic nitrogens is 1. The van der Waals surface area contributed by atoms with Crippen molar-refractivity contribution in [3.63, 3.8) is 0 Å². The van der Waals surface area contributed by atoms with Gasteiger partial charge in [-0.05, 0) is 18.1 Å². The number of amides is 1. The van der Waals surface area contributed by atoms with Gasteiger partial charge in [0.25, 0.3) is 5.56 Å². The van der Waals surface area contributed by atoms with Crippen LogP contribution >= 0.6 is 0 Å². The van der Waals surface area contributed by atoms with E-state index in [1.807, 2.05) is 28.8 Å². The Bertz CT molecular complexity index is 909. The van der Waals surface area contributed by atoms with Crippen molar-refractivity contribution in [2.75, 3.05) is 27.2 Å². The van der Waals surface area contributed by atoms with Gasteiger partial charge in [0.1, 0.15) is 0 Å². The molecular formula is C22H27N3O3. The van der Waals surface area contributed by atoms with Gasteiger partial charge in [0.15, 0.2) is 0 Å². The molecule has 2 aromatic rings. The third-order valence-electron chi connectivity index (χ3n) is 6.26. The summed E-state index contributed by atoms with van der Waals surface area (Å²) in [5, 5.41) is 10.2. The van der Waals surface area contributed by atoms with E-state index in [1.165, 1.54) is 5.56 Å². The summed E-state index contributed by atoms with van der Waals surface area (Å²) in [5.74, 6) is -0.105. The minimum absolute atomic E-state index is 0.0120. The Hall–Kier alpha value is -2.44. The first-order valence-electron chi connectivity index (χ1n) is 9.84. The fourth-order valence-corrected chi connectivity index (χ4v) is 4.96. The lowest BCUT2D eigenvalue weighted by molar-refractivity contribution is -0.135. The lowest BCUT2D eigenvalue weighted by Crippen LogP contribution is -2.48. The van der Waals surface area contributed by atoms with Crippen molar-refractivity contribution in [2.24, 2.45) is 11.8 Å². The maximum atomic E-state index is 13.1. The maximum Gasteiger partial charge on any atom is 0.250 e. The van der Waals surface area contributed by atoms with Crippen LogP contribution in [0.15, 0.2) is 53.3 Å². The van der Waals surface area contributed by atoms with E-state index in [0.29, 0.717) is 13.1 Å². The summed E-state index contributed by atoms with van der Waals surface area (Å²) < 4.78 is 1.81. The van der Waals surface area contributed by atoms with E-state index in [2.05, 4.69) is 17.0 Å². The van der Waals surface area contributed by atoms with Gasteiger partial charge < -0.3 is 14.6 Å². The standard InChI is InChI=1S/C22H27N3O3/c1-23(2)22(28)21-17(14-26)16-13-25-18(9-6-10-19(25)27)20(16)24(21)12-11-15-7-4-3-5-8-15/h3-10,16-17,20-21,26H,11-14H2,1-2H3/t16-,17-,20+,21-/m1/s1. The molecule has 2 aliphatic heterocycles. The van der Waals surface area contributed by atoms with Crippen molar-refractivity contribution in [1.82, 2.24) is 14.4 Å². The number of fused-ring (bicyclic) bond motifs is 3. The van der Waals surface area contributed by atoms with Gasteiger partial charge in [0, 0.05) is 57.4 Å². The highest BCUT2D eigenvalue weighted by molar-refractivity contribution is 5.82. The molecule has 0 unspecified atom stereocenters. The lowest BCUT2D eigenvalue weighted by atomic mass is 9.88. The number of likely N-dealkylation sites (N-methyl/N-ethyl adjacent to an activating group) is 1. The fraction of sp³-hybridized carbons (Fsp3) is 0.455. The zero-order valence-corrected chi connectivity index (χ0v) is 16.4. The largest absolute Gasteiger partial charge is 0.396 e. The molecule has 0 bridgehead atoms. The number of carbonyl (C=O) groups excluding carboxylic acids is 1. The van der Waals surface area contributed by atoms with Gasteiger partial charge in [-0.3, -0.25) is 14.5 Å². The predicted octanol–water partition coefficient (Wildman–Crippen LogP) is 1.14. The quantitative estimate of drug-likeness (QED) is 0.844. The van der Waals surface area contributed by atoms with Gasteiger partial charge in [-0.2, -0.15) is 0 Å². The molecule has 2 aliphatic rings. The van der Waals surface area contributed by atoms with Crippen LogP contribution in [-0.2, 0) is 17.8 Å². The monoisotopic (exact) mass is 381 g/mol. The molecule has 1 N–H and O–H groups in total. The molecule has 6 heteroatoms. The Kier molecular flexibility index (Phi) is 5.08. The molecule has 0 aliphatic carbocycles. The van der Waals surface area contributed by atoms with Crippen LogP contribution in [0.5, 0.6) is 0 Å². The number of hydrogen-bond donors (Lipinski definition) is 1. The van der Waals surface area contributed by atoms with Gasteiger partial charge in [0.05, 0.1) is 12.1 Å². The molecule has 1 aromatic heterocycles. The molecule has 0 radical (unpaired) electrons. The van der Waals surface area contributed by atoms with Crippen LogP contribution in [0.3, 0.4) is 0 Å². The van der Waals surface area contributed by atoms with Crippen molar-refractivity contribution in [1.29, 1.82) is 0 Å². The summed E-state index contributed by atoms with van der Waals surface area (Å²) in [7, 11) is 3.53. The van der Waals surface area contributed by atoms with Gasteiger partial charge in [0.2, 0.25) is 5.91 Å². The van der Waals surface area contributed by atoms with E-state index in [1.54, 1.807) is 31.1 Å². The number of rotatable bonds is 5. The van der Waals surface area contributed by atoms with Crippen molar-refractivity contribution in [3.8, 4) is 0 Å². The zero-order valence-electron chi connectivity index (χ0n) is 16.4. The number of hydrogen-bond acceptors (Lipinski definition) is 4. The van der Waals surface area contributed by atoms with Crippen molar-refractivity contribution >= 4 is 5.91 Å². The first-order valence-corrected chi connectivity index (χ1v) is 9.84. The number of aliphatic hydroxyl groups excluding tert-OH is 1. The summed E-state index contributed by atoms with van der Waals surface area (Å²) in [5.41, 5.74) is 2.16. The minimum atomic E-state index is -0.372. The molecule has 6 nitrogen and oxygen atoms in total. The molecular weight excluding hydrogens is 354 g/mol. The summed E-state index contributed by atoms with van der Waals surface area (Å²) in [6.07, 6.45) is 0.816. The highest BCUT2D eigenvalue weighted by atomic mass is 16.3. The zero-order chi connectivity index (χ0) is 19.8. The summed E-state index contributed by atoms with van der Waals surface area (Å²) in [6.45, 7) is 1.20. The van der Waals surface area contributed by atoms with Crippen LogP contribution in [0.2, 0.25) is 0 Å². The molecule has 4 rings (SSSR count). The smallest absolute Gasteiger partial charge is 0.250 e. The molecule has 1 saturated heterocycles. The molecule has 1 aromatic carbocycles. The van der Waals surface area contributed by atoms with Crippen molar-refractivity contribution < 1.29 is 9.90 Å². The first-order chi connectivity index (χ1) is 13.5. The second-order valence-corrected chi connectivity index (χ2v) is 8.01. The van der Waals surface area contributed by atoms with Crippen molar-refractivity contribution in [2.45, 2.75) is 25.0 Å². The third kappa shape index (κ3) is 3.06. The number of carbonyl (C=O) groups is 1. The first kappa shape index (κ1) is 18.9. The van der Waals surface area contributed by atoms with Crippen molar-refractivity contribution in [3.05, 3.63) is 70.1 Å². The third-order valence-corrected chi connectivity index (χ3v) is 6.26. The van der Waals surface area contributed by atoms with Gasteiger partial charge in [-0.25, -0.2) is 0 Å². The summed E-state index contributed by atoms with van der Waals surface area (Å²) in [6, 6.07) is 15.2.